The molecule has 128 valence electrons. The molecule has 4 nitrogen and oxygen atoms in total. The van der Waals surface area contributed by atoms with Gasteiger partial charge in [0, 0.05) is 41.6 Å². The number of thioether (sulfide) groups is 1. The van der Waals surface area contributed by atoms with Crippen LogP contribution in [0.5, 0.6) is 5.88 Å². The fraction of sp³-hybridized carbons (Fsp3) is 0.421. The molecule has 24 heavy (non-hydrogen) atoms. The molecule has 0 spiro atoms. The molecule has 5 heteroatoms. The van der Waals surface area contributed by atoms with Crippen LogP contribution in [0, 0.1) is 0 Å². The van der Waals surface area contributed by atoms with Gasteiger partial charge in [-0.15, -0.1) is 11.8 Å². The van der Waals surface area contributed by atoms with Gasteiger partial charge >= 0.3 is 0 Å². The number of methoxy groups -OCH3 is 1. The molecular formula is C19H24N2O2S. The van der Waals surface area contributed by atoms with Crippen molar-refractivity contribution >= 4 is 11.8 Å². The number of nitrogens with one attached hydrogen (secondary N) is 1. The lowest BCUT2D eigenvalue weighted by molar-refractivity contribution is 0.143. The monoisotopic (exact) mass is 344 g/mol. The van der Waals surface area contributed by atoms with Crippen molar-refractivity contribution in [3.63, 3.8) is 0 Å². The molecule has 2 heterocycles. The summed E-state index contributed by atoms with van der Waals surface area (Å²) in [6.45, 7) is 4.11. The highest BCUT2D eigenvalue weighted by Gasteiger charge is 2.24. The minimum atomic E-state index is 0.365. The zero-order chi connectivity index (χ0) is 16.8. The van der Waals surface area contributed by atoms with Crippen molar-refractivity contribution in [2.45, 2.75) is 36.1 Å². The zero-order valence-electron chi connectivity index (χ0n) is 14.2. The van der Waals surface area contributed by atoms with Crippen molar-refractivity contribution in [2.75, 3.05) is 20.3 Å². The molecule has 1 aliphatic heterocycles. The molecule has 0 amide bonds. The molecule has 2 atom stereocenters. The third-order valence-electron chi connectivity index (χ3n) is 4.11. The average Bonchev–Trinajstić information content (AvgIpc) is 2.60. The first-order valence-corrected chi connectivity index (χ1v) is 9.20. The van der Waals surface area contributed by atoms with E-state index in [2.05, 4.69) is 47.6 Å². The highest BCUT2D eigenvalue weighted by atomic mass is 32.2. The summed E-state index contributed by atoms with van der Waals surface area (Å²) in [4.78, 5) is 5.74. The summed E-state index contributed by atoms with van der Waals surface area (Å²) in [5.41, 5.74) is 2.48. The number of hydrogen-bond acceptors (Lipinski definition) is 5. The maximum Gasteiger partial charge on any atom is 0.217 e. The first-order valence-electron chi connectivity index (χ1n) is 8.32. The predicted molar refractivity (Wildman–Crippen MR) is 97.6 cm³/mol. The van der Waals surface area contributed by atoms with Gasteiger partial charge in [-0.05, 0) is 24.1 Å². The van der Waals surface area contributed by atoms with E-state index in [1.54, 1.807) is 13.3 Å². The van der Waals surface area contributed by atoms with E-state index in [1.165, 1.54) is 10.5 Å². The molecule has 1 N–H and O–H groups in total. The van der Waals surface area contributed by atoms with Gasteiger partial charge in [0.15, 0.2) is 0 Å². The van der Waals surface area contributed by atoms with Gasteiger partial charge in [-0.3, -0.25) is 0 Å². The Morgan fingerprint density at radius 3 is 2.96 bits per heavy atom. The van der Waals surface area contributed by atoms with Gasteiger partial charge in [-0.25, -0.2) is 4.98 Å². The van der Waals surface area contributed by atoms with E-state index in [-0.39, 0.29) is 0 Å². The summed E-state index contributed by atoms with van der Waals surface area (Å²) < 4.78 is 10.8. The SMILES string of the molecule is COCCOc1ncccc1CNC1CC(C)Sc2ccccc21. The number of benzene rings is 1. The fourth-order valence-corrected chi connectivity index (χ4v) is 4.16. The molecular weight excluding hydrogens is 320 g/mol. The minimum Gasteiger partial charge on any atom is -0.475 e. The quantitative estimate of drug-likeness (QED) is 0.774. The van der Waals surface area contributed by atoms with Crippen LogP contribution in [0.2, 0.25) is 0 Å². The van der Waals surface area contributed by atoms with Gasteiger partial charge in [-0.1, -0.05) is 31.2 Å². The number of nitrogens with zero attached hydrogens (tertiary/aromatic N) is 1. The molecule has 3 rings (SSSR count). The number of aromatic nitrogens is 1. The number of ether oxygens (including phenoxy) is 2. The van der Waals surface area contributed by atoms with Gasteiger partial charge in [0.1, 0.15) is 6.61 Å². The fourth-order valence-electron chi connectivity index (χ4n) is 2.94. The van der Waals surface area contributed by atoms with Gasteiger partial charge < -0.3 is 14.8 Å². The summed E-state index contributed by atoms with van der Waals surface area (Å²) >= 11 is 1.96. The van der Waals surface area contributed by atoms with Crippen LogP contribution in [0.1, 0.15) is 30.5 Å². The molecule has 2 aromatic rings. The number of hydrogen-bond donors (Lipinski definition) is 1. The Morgan fingerprint density at radius 2 is 2.08 bits per heavy atom. The van der Waals surface area contributed by atoms with Crippen molar-refractivity contribution in [3.05, 3.63) is 53.7 Å². The summed E-state index contributed by atoms with van der Waals surface area (Å²) in [7, 11) is 1.67. The molecule has 0 radical (unpaired) electrons. The lowest BCUT2D eigenvalue weighted by Crippen LogP contribution is -2.27. The Balaban J connectivity index is 1.68. The normalized spacial score (nSPS) is 19.8. The second-order valence-corrected chi connectivity index (χ2v) is 7.42. The van der Waals surface area contributed by atoms with Gasteiger partial charge in [0.05, 0.1) is 6.61 Å². The van der Waals surface area contributed by atoms with Crippen LogP contribution in [0.25, 0.3) is 0 Å². The summed E-state index contributed by atoms with van der Waals surface area (Å²) in [5, 5.41) is 4.31. The van der Waals surface area contributed by atoms with E-state index in [0.29, 0.717) is 30.4 Å². The second kappa shape index (κ2) is 8.51. The standard InChI is InChI=1S/C19H24N2O2S/c1-14-12-17(16-7-3-4-8-18(16)24-14)21-13-15-6-5-9-20-19(15)23-11-10-22-2/h3-9,14,17,21H,10-13H2,1-2H3. The van der Waals surface area contributed by atoms with Gasteiger partial charge in [0.25, 0.3) is 0 Å². The number of pyridine rings is 1. The highest BCUT2D eigenvalue weighted by Crippen LogP contribution is 2.40. The van der Waals surface area contributed by atoms with Crippen LogP contribution in [0.4, 0.5) is 0 Å². The molecule has 0 aliphatic carbocycles. The van der Waals surface area contributed by atoms with E-state index >= 15 is 0 Å². The van der Waals surface area contributed by atoms with Crippen molar-refractivity contribution in [2.24, 2.45) is 0 Å². The van der Waals surface area contributed by atoms with E-state index < -0.39 is 0 Å². The molecule has 0 saturated heterocycles. The van der Waals surface area contributed by atoms with Crippen LogP contribution in [-0.4, -0.2) is 30.6 Å². The Morgan fingerprint density at radius 1 is 1.21 bits per heavy atom. The second-order valence-electron chi connectivity index (χ2n) is 5.94. The Hall–Kier alpha value is -1.56. The molecule has 0 fully saturated rings. The molecule has 1 aliphatic rings. The van der Waals surface area contributed by atoms with Crippen LogP contribution in [0.15, 0.2) is 47.5 Å². The maximum atomic E-state index is 5.73. The zero-order valence-corrected chi connectivity index (χ0v) is 15.0. The van der Waals surface area contributed by atoms with E-state index in [9.17, 15) is 0 Å². The van der Waals surface area contributed by atoms with Crippen LogP contribution in [-0.2, 0) is 11.3 Å². The molecule has 0 bridgehead atoms. The van der Waals surface area contributed by atoms with Crippen LogP contribution >= 0.6 is 11.8 Å². The van der Waals surface area contributed by atoms with E-state index in [4.69, 9.17) is 9.47 Å². The lowest BCUT2D eigenvalue weighted by atomic mass is 10.0. The van der Waals surface area contributed by atoms with Crippen LogP contribution < -0.4 is 10.1 Å². The van der Waals surface area contributed by atoms with E-state index in [1.807, 2.05) is 17.8 Å². The summed E-state index contributed by atoms with van der Waals surface area (Å²) in [6, 6.07) is 13.1. The molecule has 1 aromatic heterocycles. The topological polar surface area (TPSA) is 43.4 Å². The maximum absolute atomic E-state index is 5.73. The van der Waals surface area contributed by atoms with E-state index in [0.717, 1.165) is 18.5 Å². The first-order chi connectivity index (χ1) is 11.8. The molecule has 0 saturated carbocycles. The largest absolute Gasteiger partial charge is 0.475 e. The molecule has 2 unspecified atom stereocenters. The van der Waals surface area contributed by atoms with Gasteiger partial charge in [0.2, 0.25) is 5.88 Å². The Kier molecular flexibility index (Phi) is 6.12. The summed E-state index contributed by atoms with van der Waals surface area (Å²) in [6.07, 6.45) is 2.89. The first kappa shape index (κ1) is 17.3. The number of rotatable bonds is 7. The lowest BCUT2D eigenvalue weighted by Gasteiger charge is -2.30. The minimum absolute atomic E-state index is 0.365. The predicted octanol–water partition coefficient (Wildman–Crippen LogP) is 3.82. The van der Waals surface area contributed by atoms with Crippen molar-refractivity contribution in [1.82, 2.24) is 10.3 Å². The highest BCUT2D eigenvalue weighted by molar-refractivity contribution is 8.00. The van der Waals surface area contributed by atoms with Crippen molar-refractivity contribution in [3.8, 4) is 5.88 Å². The average molecular weight is 344 g/mol. The van der Waals surface area contributed by atoms with Crippen molar-refractivity contribution in [1.29, 1.82) is 0 Å². The molecule has 1 aromatic carbocycles. The Bertz CT molecular complexity index is 665. The smallest absolute Gasteiger partial charge is 0.217 e. The Labute approximate surface area is 148 Å². The number of fused-ring (bicyclic) bond motifs is 1. The van der Waals surface area contributed by atoms with Gasteiger partial charge in [-0.2, -0.15) is 0 Å². The van der Waals surface area contributed by atoms with Crippen LogP contribution in [0.3, 0.4) is 0 Å². The third-order valence-corrected chi connectivity index (χ3v) is 5.33. The van der Waals surface area contributed by atoms with Crippen molar-refractivity contribution < 1.29 is 9.47 Å². The third kappa shape index (κ3) is 4.29. The summed E-state index contributed by atoms with van der Waals surface area (Å²) in [5.74, 6) is 0.688.